The molecule has 0 aliphatic heterocycles. The first-order valence-electron chi connectivity index (χ1n) is 7.76. The van der Waals surface area contributed by atoms with Crippen molar-refractivity contribution in [2.24, 2.45) is 11.3 Å². The van der Waals surface area contributed by atoms with Crippen LogP contribution in [-0.4, -0.2) is 11.0 Å². The van der Waals surface area contributed by atoms with Gasteiger partial charge < -0.3 is 0 Å². The highest BCUT2D eigenvalue weighted by Crippen LogP contribution is 2.40. The zero-order chi connectivity index (χ0) is 14.8. The zero-order valence-corrected chi connectivity index (χ0v) is 14.1. The standard InChI is InChI=1S/C16H29N3S/c1-15(2,3)13-11-20-14(18-13)10-12(19-17)16(4)8-6-5-7-9-16/h11-12,19H,5-10,17H2,1-4H3. The number of hydrazine groups is 1. The van der Waals surface area contributed by atoms with E-state index < -0.39 is 0 Å². The molecule has 1 unspecified atom stereocenters. The van der Waals surface area contributed by atoms with Crippen LogP contribution < -0.4 is 11.3 Å². The van der Waals surface area contributed by atoms with Gasteiger partial charge in [-0.05, 0) is 18.3 Å². The van der Waals surface area contributed by atoms with E-state index in [9.17, 15) is 0 Å². The largest absolute Gasteiger partial charge is 0.271 e. The Balaban J connectivity index is 2.08. The van der Waals surface area contributed by atoms with Crippen molar-refractivity contribution < 1.29 is 0 Å². The second kappa shape index (κ2) is 6.12. The number of nitrogens with one attached hydrogen (secondary N) is 1. The van der Waals surface area contributed by atoms with Gasteiger partial charge in [-0.2, -0.15) is 0 Å². The zero-order valence-electron chi connectivity index (χ0n) is 13.3. The third kappa shape index (κ3) is 3.60. The van der Waals surface area contributed by atoms with Crippen LogP contribution in [0.1, 0.15) is 70.5 Å². The highest BCUT2D eigenvalue weighted by molar-refractivity contribution is 7.09. The number of aromatic nitrogens is 1. The number of hydrogen-bond donors (Lipinski definition) is 2. The van der Waals surface area contributed by atoms with Gasteiger partial charge in [0.25, 0.3) is 0 Å². The summed E-state index contributed by atoms with van der Waals surface area (Å²) in [7, 11) is 0. The van der Waals surface area contributed by atoms with Gasteiger partial charge in [0, 0.05) is 23.3 Å². The van der Waals surface area contributed by atoms with E-state index in [4.69, 9.17) is 10.8 Å². The number of hydrogen-bond acceptors (Lipinski definition) is 4. The molecule has 1 atom stereocenters. The summed E-state index contributed by atoms with van der Waals surface area (Å²) in [5.41, 5.74) is 4.73. The summed E-state index contributed by atoms with van der Waals surface area (Å²) in [5, 5.41) is 3.41. The Labute approximate surface area is 127 Å². The quantitative estimate of drug-likeness (QED) is 0.656. The van der Waals surface area contributed by atoms with Crippen molar-refractivity contribution in [1.82, 2.24) is 10.4 Å². The molecule has 20 heavy (non-hydrogen) atoms. The molecule has 1 aliphatic rings. The van der Waals surface area contributed by atoms with Gasteiger partial charge in [-0.25, -0.2) is 4.98 Å². The third-order valence-electron chi connectivity index (χ3n) is 4.74. The first-order valence-corrected chi connectivity index (χ1v) is 8.64. The topological polar surface area (TPSA) is 50.9 Å². The molecule has 0 saturated heterocycles. The Morgan fingerprint density at radius 2 is 2.00 bits per heavy atom. The molecule has 0 amide bonds. The third-order valence-corrected chi connectivity index (χ3v) is 5.61. The fraction of sp³-hybridized carbons (Fsp3) is 0.812. The van der Waals surface area contributed by atoms with Gasteiger partial charge in [0.05, 0.1) is 10.7 Å². The maximum absolute atomic E-state index is 5.86. The number of nitrogens with two attached hydrogens (primary N) is 1. The lowest BCUT2D eigenvalue weighted by atomic mass is 9.70. The smallest absolute Gasteiger partial charge is 0.0944 e. The number of nitrogens with zero attached hydrogens (tertiary/aromatic N) is 1. The molecule has 0 aromatic carbocycles. The van der Waals surface area contributed by atoms with E-state index in [2.05, 4.69) is 38.5 Å². The first-order chi connectivity index (χ1) is 9.35. The van der Waals surface area contributed by atoms with Gasteiger partial charge in [0.15, 0.2) is 0 Å². The molecule has 1 fully saturated rings. The Bertz CT molecular complexity index is 427. The van der Waals surface area contributed by atoms with Crippen LogP contribution >= 0.6 is 11.3 Å². The van der Waals surface area contributed by atoms with Crippen LogP contribution in [0.2, 0.25) is 0 Å². The van der Waals surface area contributed by atoms with Crippen molar-refractivity contribution in [3.05, 3.63) is 16.1 Å². The summed E-state index contributed by atoms with van der Waals surface area (Å²) in [4.78, 5) is 4.82. The van der Waals surface area contributed by atoms with E-state index in [0.717, 1.165) is 6.42 Å². The minimum atomic E-state index is 0.134. The predicted octanol–water partition coefficient (Wildman–Crippen LogP) is 3.79. The number of thiazole rings is 1. The molecule has 1 aromatic rings. The van der Waals surface area contributed by atoms with E-state index in [1.807, 2.05) is 0 Å². The Morgan fingerprint density at radius 3 is 2.50 bits per heavy atom. The van der Waals surface area contributed by atoms with Crippen molar-refractivity contribution in [1.29, 1.82) is 0 Å². The lowest BCUT2D eigenvalue weighted by molar-refractivity contribution is 0.144. The van der Waals surface area contributed by atoms with Crippen LogP contribution in [0.5, 0.6) is 0 Å². The molecule has 0 bridgehead atoms. The predicted molar refractivity (Wildman–Crippen MR) is 86.8 cm³/mol. The van der Waals surface area contributed by atoms with Crippen LogP contribution in [0.15, 0.2) is 5.38 Å². The second-order valence-electron chi connectivity index (χ2n) is 7.51. The van der Waals surface area contributed by atoms with E-state index in [-0.39, 0.29) is 5.41 Å². The number of rotatable bonds is 4. The first kappa shape index (κ1) is 15.9. The Kier molecular flexibility index (Phi) is 4.88. The van der Waals surface area contributed by atoms with Crippen molar-refractivity contribution in [2.75, 3.05) is 0 Å². The fourth-order valence-corrected chi connectivity index (χ4v) is 4.21. The molecule has 4 heteroatoms. The summed E-state index contributed by atoms with van der Waals surface area (Å²) in [6.07, 6.45) is 7.55. The molecule has 1 aromatic heterocycles. The van der Waals surface area contributed by atoms with Gasteiger partial charge in [0.1, 0.15) is 0 Å². The molecule has 2 rings (SSSR count). The highest BCUT2D eigenvalue weighted by atomic mass is 32.1. The maximum Gasteiger partial charge on any atom is 0.0944 e. The average molecular weight is 295 g/mol. The van der Waals surface area contributed by atoms with Gasteiger partial charge in [-0.3, -0.25) is 11.3 Å². The highest BCUT2D eigenvalue weighted by Gasteiger charge is 2.35. The normalized spacial score (nSPS) is 20.9. The lowest BCUT2D eigenvalue weighted by Crippen LogP contribution is -2.49. The van der Waals surface area contributed by atoms with Gasteiger partial charge in [-0.1, -0.05) is 47.0 Å². The SMILES string of the molecule is CC(C)(C)c1csc(CC(NN)C2(C)CCCCC2)n1. The van der Waals surface area contributed by atoms with E-state index >= 15 is 0 Å². The monoisotopic (exact) mass is 295 g/mol. The van der Waals surface area contributed by atoms with Gasteiger partial charge in [0.2, 0.25) is 0 Å². The average Bonchev–Trinajstić information content (AvgIpc) is 2.85. The summed E-state index contributed by atoms with van der Waals surface area (Å²) in [6.45, 7) is 9.03. The second-order valence-corrected chi connectivity index (χ2v) is 8.46. The molecular formula is C16H29N3S. The summed E-state index contributed by atoms with van der Waals surface area (Å²) < 4.78 is 0. The maximum atomic E-state index is 5.86. The van der Waals surface area contributed by atoms with Crippen LogP contribution in [0.25, 0.3) is 0 Å². The molecule has 0 radical (unpaired) electrons. The van der Waals surface area contributed by atoms with Gasteiger partial charge >= 0.3 is 0 Å². The minimum Gasteiger partial charge on any atom is -0.271 e. The Hall–Kier alpha value is -0.450. The Morgan fingerprint density at radius 1 is 1.35 bits per heavy atom. The summed E-state index contributed by atoms with van der Waals surface area (Å²) in [6, 6.07) is 0.335. The molecule has 1 heterocycles. The van der Waals surface area contributed by atoms with Crippen LogP contribution in [0, 0.1) is 5.41 Å². The fourth-order valence-electron chi connectivity index (χ4n) is 3.14. The summed E-state index contributed by atoms with van der Waals surface area (Å²) >= 11 is 1.78. The summed E-state index contributed by atoms with van der Waals surface area (Å²) in [5.74, 6) is 5.86. The van der Waals surface area contributed by atoms with Crippen molar-refractivity contribution in [3.63, 3.8) is 0 Å². The van der Waals surface area contributed by atoms with E-state index in [1.165, 1.54) is 42.8 Å². The molecule has 3 nitrogen and oxygen atoms in total. The van der Waals surface area contributed by atoms with Crippen LogP contribution in [-0.2, 0) is 11.8 Å². The van der Waals surface area contributed by atoms with Gasteiger partial charge in [-0.15, -0.1) is 11.3 Å². The molecule has 3 N–H and O–H groups in total. The molecule has 1 saturated carbocycles. The van der Waals surface area contributed by atoms with Crippen molar-refractivity contribution >= 4 is 11.3 Å². The minimum absolute atomic E-state index is 0.134. The lowest BCUT2D eigenvalue weighted by Gasteiger charge is -2.40. The van der Waals surface area contributed by atoms with E-state index in [1.54, 1.807) is 11.3 Å². The molecule has 0 spiro atoms. The molecule has 1 aliphatic carbocycles. The van der Waals surface area contributed by atoms with Crippen LogP contribution in [0.3, 0.4) is 0 Å². The van der Waals surface area contributed by atoms with Crippen molar-refractivity contribution in [3.8, 4) is 0 Å². The van der Waals surface area contributed by atoms with E-state index in [0.29, 0.717) is 11.5 Å². The van der Waals surface area contributed by atoms with Crippen molar-refractivity contribution in [2.45, 2.75) is 77.7 Å². The molecular weight excluding hydrogens is 266 g/mol. The molecule has 114 valence electrons. The van der Waals surface area contributed by atoms with Crippen LogP contribution in [0.4, 0.5) is 0 Å².